The van der Waals surface area contributed by atoms with Crippen LogP contribution in [0.2, 0.25) is 5.02 Å². The smallest absolute Gasteiger partial charge is 0.253 e. The number of nitrogens with one attached hydrogen (secondary N) is 1. The molecule has 1 fully saturated rings. The molecule has 1 aliphatic rings. The predicted molar refractivity (Wildman–Crippen MR) is 97.5 cm³/mol. The molecular weight excluding hydrogens is 322 g/mol. The van der Waals surface area contributed by atoms with Crippen molar-refractivity contribution in [1.29, 1.82) is 0 Å². The second-order valence-electron chi connectivity index (χ2n) is 5.78. The third kappa shape index (κ3) is 3.44. The van der Waals surface area contributed by atoms with Crippen molar-refractivity contribution in [3.05, 3.63) is 71.4 Å². The first-order valence-corrected chi connectivity index (χ1v) is 8.44. The van der Waals surface area contributed by atoms with Crippen molar-refractivity contribution < 1.29 is 4.79 Å². The molecule has 0 saturated carbocycles. The number of hydrogen-bond acceptors (Lipinski definition) is 3. The largest absolute Gasteiger partial charge is 0.350 e. The Labute approximate surface area is 147 Å². The van der Waals surface area contributed by atoms with Crippen LogP contribution in [0.1, 0.15) is 34.8 Å². The molecule has 1 amide bonds. The van der Waals surface area contributed by atoms with E-state index in [2.05, 4.69) is 27.8 Å². The summed E-state index contributed by atoms with van der Waals surface area (Å²) in [6.45, 7) is 4.97. The minimum absolute atomic E-state index is 0.141. The van der Waals surface area contributed by atoms with Crippen LogP contribution in [0.25, 0.3) is 0 Å². The highest BCUT2D eigenvalue weighted by atomic mass is 35.5. The standard InChI is InChI=1S/C19H20ClN3O/c1-2-11-21-19(24)14-9-10-18(22-13-14)23-12-5-8-17(23)15-6-3-4-7-16(15)20/h2-4,6-7,9-10,13,17H,1,5,8,11-12H2,(H,21,24)/t17-/m1/s1. The molecule has 2 aromatic rings. The van der Waals surface area contributed by atoms with Crippen molar-refractivity contribution in [3.63, 3.8) is 0 Å². The number of carbonyl (C=O) groups excluding carboxylic acids is 1. The molecule has 5 heteroatoms. The molecule has 1 atom stereocenters. The van der Waals surface area contributed by atoms with Gasteiger partial charge in [0.25, 0.3) is 5.91 Å². The summed E-state index contributed by atoms with van der Waals surface area (Å²) < 4.78 is 0. The van der Waals surface area contributed by atoms with E-state index in [1.165, 1.54) is 0 Å². The van der Waals surface area contributed by atoms with Crippen LogP contribution in [0.4, 0.5) is 5.82 Å². The number of benzene rings is 1. The summed E-state index contributed by atoms with van der Waals surface area (Å²) in [6, 6.07) is 11.9. The van der Waals surface area contributed by atoms with Crippen molar-refractivity contribution in [1.82, 2.24) is 10.3 Å². The van der Waals surface area contributed by atoms with Crippen LogP contribution in [0.5, 0.6) is 0 Å². The first-order chi connectivity index (χ1) is 11.7. The summed E-state index contributed by atoms with van der Waals surface area (Å²) in [5, 5.41) is 3.54. The fourth-order valence-corrected chi connectivity index (χ4v) is 3.33. The van der Waals surface area contributed by atoms with Gasteiger partial charge in [0, 0.05) is 24.3 Å². The summed E-state index contributed by atoms with van der Waals surface area (Å²) in [5.41, 5.74) is 1.68. The number of anilines is 1. The molecule has 0 spiro atoms. The number of amides is 1. The van der Waals surface area contributed by atoms with Gasteiger partial charge < -0.3 is 10.2 Å². The molecular formula is C19H20ClN3O. The molecule has 1 aromatic carbocycles. The highest BCUT2D eigenvalue weighted by molar-refractivity contribution is 6.31. The van der Waals surface area contributed by atoms with E-state index in [-0.39, 0.29) is 11.9 Å². The second-order valence-corrected chi connectivity index (χ2v) is 6.18. The summed E-state index contributed by atoms with van der Waals surface area (Å²) in [6.07, 6.45) is 5.42. The van der Waals surface area contributed by atoms with Crippen LogP contribution < -0.4 is 10.2 Å². The topological polar surface area (TPSA) is 45.2 Å². The van der Waals surface area contributed by atoms with E-state index in [0.29, 0.717) is 12.1 Å². The van der Waals surface area contributed by atoms with Gasteiger partial charge in [0.2, 0.25) is 0 Å². The van der Waals surface area contributed by atoms with Crippen molar-refractivity contribution in [3.8, 4) is 0 Å². The van der Waals surface area contributed by atoms with Gasteiger partial charge in [0.05, 0.1) is 11.6 Å². The molecule has 124 valence electrons. The summed E-state index contributed by atoms with van der Waals surface area (Å²) in [4.78, 5) is 18.7. The van der Waals surface area contributed by atoms with E-state index in [1.807, 2.05) is 30.3 Å². The first kappa shape index (κ1) is 16.5. The summed E-state index contributed by atoms with van der Waals surface area (Å²) in [5.74, 6) is 0.732. The van der Waals surface area contributed by atoms with Gasteiger partial charge in [-0.3, -0.25) is 4.79 Å². The normalized spacial score (nSPS) is 16.9. The molecule has 0 aliphatic carbocycles. The Morgan fingerprint density at radius 1 is 1.38 bits per heavy atom. The summed E-state index contributed by atoms with van der Waals surface area (Å²) >= 11 is 6.36. The molecule has 0 radical (unpaired) electrons. The van der Waals surface area contributed by atoms with E-state index in [0.717, 1.165) is 35.8 Å². The quantitative estimate of drug-likeness (QED) is 0.836. The number of aromatic nitrogens is 1. The van der Waals surface area contributed by atoms with Gasteiger partial charge in [-0.05, 0) is 36.6 Å². The zero-order chi connectivity index (χ0) is 16.9. The fraction of sp³-hybridized carbons (Fsp3) is 0.263. The number of hydrogen-bond donors (Lipinski definition) is 1. The van der Waals surface area contributed by atoms with Crippen LogP contribution in [0.3, 0.4) is 0 Å². The third-order valence-corrected chi connectivity index (χ3v) is 4.57. The maximum atomic E-state index is 11.9. The fourth-order valence-electron chi connectivity index (χ4n) is 3.07. The maximum Gasteiger partial charge on any atom is 0.253 e. The Bertz CT molecular complexity index is 730. The van der Waals surface area contributed by atoms with Crippen LogP contribution >= 0.6 is 11.6 Å². The van der Waals surface area contributed by atoms with Crippen molar-refractivity contribution >= 4 is 23.3 Å². The lowest BCUT2D eigenvalue weighted by Gasteiger charge is -2.26. The van der Waals surface area contributed by atoms with Gasteiger partial charge in [-0.2, -0.15) is 0 Å². The Hall–Kier alpha value is -2.33. The minimum atomic E-state index is -0.141. The van der Waals surface area contributed by atoms with Gasteiger partial charge in [0.15, 0.2) is 0 Å². The van der Waals surface area contributed by atoms with Crippen LogP contribution in [-0.4, -0.2) is 24.0 Å². The lowest BCUT2D eigenvalue weighted by atomic mass is 10.0. The Kier molecular flexibility index (Phi) is 5.16. The molecule has 3 rings (SSSR count). The minimum Gasteiger partial charge on any atom is -0.350 e. The Morgan fingerprint density at radius 3 is 2.92 bits per heavy atom. The van der Waals surface area contributed by atoms with Gasteiger partial charge in [-0.15, -0.1) is 6.58 Å². The molecule has 1 aromatic heterocycles. The monoisotopic (exact) mass is 341 g/mol. The Morgan fingerprint density at radius 2 is 2.21 bits per heavy atom. The number of pyridine rings is 1. The molecule has 1 saturated heterocycles. The number of nitrogens with zero attached hydrogens (tertiary/aromatic N) is 2. The van der Waals surface area contributed by atoms with E-state index < -0.39 is 0 Å². The van der Waals surface area contributed by atoms with Crippen LogP contribution in [0.15, 0.2) is 55.3 Å². The lowest BCUT2D eigenvalue weighted by molar-refractivity contribution is 0.0957. The number of halogens is 1. The average molecular weight is 342 g/mol. The van der Waals surface area contributed by atoms with Gasteiger partial charge in [-0.1, -0.05) is 35.9 Å². The summed E-state index contributed by atoms with van der Waals surface area (Å²) in [7, 11) is 0. The Balaban J connectivity index is 1.79. The van der Waals surface area contributed by atoms with Crippen LogP contribution in [-0.2, 0) is 0 Å². The lowest BCUT2D eigenvalue weighted by Crippen LogP contribution is -2.25. The zero-order valence-corrected chi connectivity index (χ0v) is 14.2. The molecule has 1 aliphatic heterocycles. The van der Waals surface area contributed by atoms with Crippen molar-refractivity contribution in [2.24, 2.45) is 0 Å². The molecule has 0 bridgehead atoms. The molecule has 24 heavy (non-hydrogen) atoms. The van der Waals surface area contributed by atoms with Gasteiger partial charge in [-0.25, -0.2) is 4.98 Å². The molecule has 1 N–H and O–H groups in total. The van der Waals surface area contributed by atoms with E-state index >= 15 is 0 Å². The van der Waals surface area contributed by atoms with E-state index in [9.17, 15) is 4.79 Å². The number of carbonyl (C=O) groups is 1. The maximum absolute atomic E-state index is 11.9. The highest BCUT2D eigenvalue weighted by Crippen LogP contribution is 2.37. The highest BCUT2D eigenvalue weighted by Gasteiger charge is 2.28. The third-order valence-electron chi connectivity index (χ3n) is 4.23. The predicted octanol–water partition coefficient (Wildman–Crippen LogP) is 3.99. The van der Waals surface area contributed by atoms with Crippen LogP contribution in [0, 0.1) is 0 Å². The molecule has 2 heterocycles. The molecule has 0 unspecified atom stereocenters. The van der Waals surface area contributed by atoms with Gasteiger partial charge >= 0.3 is 0 Å². The van der Waals surface area contributed by atoms with Crippen molar-refractivity contribution in [2.75, 3.05) is 18.0 Å². The molecule has 4 nitrogen and oxygen atoms in total. The number of rotatable bonds is 5. The van der Waals surface area contributed by atoms with Crippen molar-refractivity contribution in [2.45, 2.75) is 18.9 Å². The SMILES string of the molecule is C=CCNC(=O)c1ccc(N2CCC[C@@H]2c2ccccc2Cl)nc1. The van der Waals surface area contributed by atoms with Gasteiger partial charge in [0.1, 0.15) is 5.82 Å². The van der Waals surface area contributed by atoms with E-state index in [1.54, 1.807) is 12.3 Å². The average Bonchev–Trinajstić information content (AvgIpc) is 3.09. The first-order valence-electron chi connectivity index (χ1n) is 8.07. The zero-order valence-electron chi connectivity index (χ0n) is 13.4. The second kappa shape index (κ2) is 7.49. The van der Waals surface area contributed by atoms with E-state index in [4.69, 9.17) is 11.6 Å².